The summed E-state index contributed by atoms with van der Waals surface area (Å²) in [6.45, 7) is 7.72. The molecule has 32 heavy (non-hydrogen) atoms. The Hall–Kier alpha value is -3.15. The lowest BCUT2D eigenvalue weighted by atomic mass is 9.97. The van der Waals surface area contributed by atoms with E-state index in [0.29, 0.717) is 18.9 Å². The topological polar surface area (TPSA) is 79.7 Å². The number of rotatable bonds is 12. The SMILES string of the molecule is CCCCOc1cc(OCCCC)c(-c2noc(N)c2-c2ccc(OC)cc2)cc1CC. The van der Waals surface area contributed by atoms with E-state index in [-0.39, 0.29) is 5.88 Å². The average Bonchev–Trinajstić information content (AvgIpc) is 3.20. The molecule has 0 spiro atoms. The summed E-state index contributed by atoms with van der Waals surface area (Å²) >= 11 is 0. The second kappa shape index (κ2) is 11.5. The summed E-state index contributed by atoms with van der Waals surface area (Å²) in [5.41, 5.74) is 10.5. The standard InChI is InChI=1S/C26H34N2O4/c1-5-8-14-30-22-17-23(31-15-9-6-2)21(16-18(22)7-3)25-24(26(27)32-28-25)19-10-12-20(29-4)13-11-19/h10-13,16-17H,5-9,14-15,27H2,1-4H3. The van der Waals surface area contributed by atoms with Crippen molar-refractivity contribution in [1.82, 2.24) is 5.16 Å². The number of aryl methyl sites for hydroxylation is 1. The molecule has 0 bridgehead atoms. The van der Waals surface area contributed by atoms with Crippen LogP contribution in [0.5, 0.6) is 17.2 Å². The molecule has 0 radical (unpaired) electrons. The minimum Gasteiger partial charge on any atom is -0.497 e. The fourth-order valence-corrected chi connectivity index (χ4v) is 3.50. The summed E-state index contributed by atoms with van der Waals surface area (Å²) < 4.78 is 23.0. The summed E-state index contributed by atoms with van der Waals surface area (Å²) in [6, 6.07) is 11.8. The van der Waals surface area contributed by atoms with Crippen molar-refractivity contribution in [3.63, 3.8) is 0 Å². The van der Waals surface area contributed by atoms with Crippen LogP contribution in [-0.4, -0.2) is 25.5 Å². The van der Waals surface area contributed by atoms with Gasteiger partial charge in [0.05, 0.1) is 25.9 Å². The van der Waals surface area contributed by atoms with E-state index in [1.54, 1.807) is 7.11 Å². The average molecular weight is 439 g/mol. The Kier molecular flexibility index (Phi) is 8.42. The van der Waals surface area contributed by atoms with Gasteiger partial charge in [-0.15, -0.1) is 0 Å². The largest absolute Gasteiger partial charge is 0.497 e. The number of unbranched alkanes of at least 4 members (excludes halogenated alkanes) is 2. The molecule has 6 nitrogen and oxygen atoms in total. The van der Waals surface area contributed by atoms with Crippen molar-refractivity contribution in [2.45, 2.75) is 52.9 Å². The van der Waals surface area contributed by atoms with Gasteiger partial charge in [-0.05, 0) is 48.6 Å². The third-order valence-corrected chi connectivity index (χ3v) is 5.41. The highest BCUT2D eigenvalue weighted by Gasteiger charge is 2.23. The predicted octanol–water partition coefficient (Wildman–Crippen LogP) is 6.52. The van der Waals surface area contributed by atoms with Crippen LogP contribution in [0.1, 0.15) is 52.0 Å². The van der Waals surface area contributed by atoms with Crippen LogP contribution in [0, 0.1) is 0 Å². The van der Waals surface area contributed by atoms with E-state index in [9.17, 15) is 0 Å². The maximum absolute atomic E-state index is 6.21. The molecule has 1 aromatic heterocycles. The van der Waals surface area contributed by atoms with Crippen molar-refractivity contribution in [1.29, 1.82) is 0 Å². The smallest absolute Gasteiger partial charge is 0.230 e. The summed E-state index contributed by atoms with van der Waals surface area (Å²) in [6.07, 6.45) is 4.94. The molecule has 0 atom stereocenters. The molecule has 6 heteroatoms. The predicted molar refractivity (Wildman–Crippen MR) is 129 cm³/mol. The first-order valence-corrected chi connectivity index (χ1v) is 11.4. The molecule has 2 N–H and O–H groups in total. The minimum absolute atomic E-state index is 0.269. The fraction of sp³-hybridized carbons (Fsp3) is 0.423. The highest BCUT2D eigenvalue weighted by atomic mass is 16.5. The molecule has 172 valence electrons. The van der Waals surface area contributed by atoms with Gasteiger partial charge in [-0.1, -0.05) is 50.9 Å². The molecular formula is C26H34N2O4. The van der Waals surface area contributed by atoms with Gasteiger partial charge in [-0.3, -0.25) is 0 Å². The van der Waals surface area contributed by atoms with Gasteiger partial charge < -0.3 is 24.5 Å². The first-order chi connectivity index (χ1) is 15.6. The quantitative estimate of drug-likeness (QED) is 0.324. The fourth-order valence-electron chi connectivity index (χ4n) is 3.50. The molecule has 0 fully saturated rings. The molecule has 0 saturated heterocycles. The lowest BCUT2D eigenvalue weighted by molar-refractivity contribution is 0.293. The zero-order valence-electron chi connectivity index (χ0n) is 19.6. The van der Waals surface area contributed by atoms with Crippen LogP contribution in [-0.2, 0) is 6.42 Å². The second-order valence-electron chi connectivity index (χ2n) is 7.71. The van der Waals surface area contributed by atoms with E-state index in [2.05, 4.69) is 32.0 Å². The molecule has 1 heterocycles. The van der Waals surface area contributed by atoms with Crippen LogP contribution < -0.4 is 19.9 Å². The Bertz CT molecular complexity index is 996. The molecule has 0 amide bonds. The number of hydrogen-bond donors (Lipinski definition) is 1. The van der Waals surface area contributed by atoms with Gasteiger partial charge in [-0.2, -0.15) is 0 Å². The molecular weight excluding hydrogens is 404 g/mol. The Balaban J connectivity index is 2.09. The number of ether oxygens (including phenoxy) is 3. The summed E-state index contributed by atoms with van der Waals surface area (Å²) in [5, 5.41) is 4.32. The van der Waals surface area contributed by atoms with Crippen LogP contribution in [0.2, 0.25) is 0 Å². The lowest BCUT2D eigenvalue weighted by Gasteiger charge is -2.17. The van der Waals surface area contributed by atoms with E-state index in [1.165, 1.54) is 0 Å². The Morgan fingerprint density at radius 1 is 0.906 bits per heavy atom. The highest BCUT2D eigenvalue weighted by molar-refractivity contribution is 5.89. The van der Waals surface area contributed by atoms with Crippen molar-refractivity contribution in [2.24, 2.45) is 0 Å². The van der Waals surface area contributed by atoms with Gasteiger partial charge >= 0.3 is 0 Å². The highest BCUT2D eigenvalue weighted by Crippen LogP contribution is 2.43. The van der Waals surface area contributed by atoms with Crippen LogP contribution in [0.4, 0.5) is 5.88 Å². The molecule has 0 unspecified atom stereocenters. The van der Waals surface area contributed by atoms with Crippen LogP contribution >= 0.6 is 0 Å². The number of nitrogen functional groups attached to an aromatic ring is 1. The monoisotopic (exact) mass is 438 g/mol. The van der Waals surface area contributed by atoms with E-state index in [1.807, 2.05) is 30.3 Å². The molecule has 2 aromatic carbocycles. The van der Waals surface area contributed by atoms with Gasteiger partial charge in [-0.25, -0.2) is 0 Å². The van der Waals surface area contributed by atoms with Crippen LogP contribution in [0.25, 0.3) is 22.4 Å². The van der Waals surface area contributed by atoms with Crippen LogP contribution in [0.15, 0.2) is 40.9 Å². The molecule has 3 aromatic rings. The van der Waals surface area contributed by atoms with E-state index >= 15 is 0 Å². The van der Waals surface area contributed by atoms with Crippen molar-refractivity contribution in [3.05, 3.63) is 42.0 Å². The maximum Gasteiger partial charge on any atom is 0.230 e. The first kappa shape index (κ1) is 23.5. The first-order valence-electron chi connectivity index (χ1n) is 11.4. The summed E-state index contributed by atoms with van der Waals surface area (Å²) in [4.78, 5) is 0. The zero-order chi connectivity index (χ0) is 22.9. The summed E-state index contributed by atoms with van der Waals surface area (Å²) in [5.74, 6) is 2.63. The van der Waals surface area contributed by atoms with Crippen molar-refractivity contribution < 1.29 is 18.7 Å². The van der Waals surface area contributed by atoms with Crippen LogP contribution in [0.3, 0.4) is 0 Å². The number of nitrogens with zero attached hydrogens (tertiary/aromatic N) is 1. The number of methoxy groups -OCH3 is 1. The van der Waals surface area contributed by atoms with Gasteiger partial charge in [0.1, 0.15) is 22.9 Å². The third-order valence-electron chi connectivity index (χ3n) is 5.41. The molecule has 0 saturated carbocycles. The number of benzene rings is 2. The number of hydrogen-bond acceptors (Lipinski definition) is 6. The van der Waals surface area contributed by atoms with E-state index in [4.69, 9.17) is 24.5 Å². The Labute approximate surface area is 190 Å². The number of nitrogens with two attached hydrogens (primary N) is 1. The van der Waals surface area contributed by atoms with Gasteiger partial charge in [0.15, 0.2) is 0 Å². The van der Waals surface area contributed by atoms with E-state index in [0.717, 1.165) is 71.6 Å². The molecule has 0 aliphatic rings. The minimum atomic E-state index is 0.269. The maximum atomic E-state index is 6.21. The second-order valence-corrected chi connectivity index (χ2v) is 7.71. The lowest BCUT2D eigenvalue weighted by Crippen LogP contribution is -2.04. The van der Waals surface area contributed by atoms with Crippen molar-refractivity contribution >= 4 is 5.88 Å². The third kappa shape index (κ3) is 5.36. The number of aromatic nitrogens is 1. The molecule has 0 aliphatic carbocycles. The normalized spacial score (nSPS) is 10.9. The van der Waals surface area contributed by atoms with Crippen molar-refractivity contribution in [2.75, 3.05) is 26.1 Å². The Morgan fingerprint density at radius 3 is 2.16 bits per heavy atom. The van der Waals surface area contributed by atoms with Gasteiger partial charge in [0, 0.05) is 11.6 Å². The van der Waals surface area contributed by atoms with Gasteiger partial charge in [0.25, 0.3) is 0 Å². The zero-order valence-corrected chi connectivity index (χ0v) is 19.6. The number of anilines is 1. The summed E-state index contributed by atoms with van der Waals surface area (Å²) in [7, 11) is 1.64. The molecule has 3 rings (SSSR count). The van der Waals surface area contributed by atoms with Gasteiger partial charge in [0.2, 0.25) is 5.88 Å². The van der Waals surface area contributed by atoms with E-state index < -0.39 is 0 Å². The van der Waals surface area contributed by atoms with Crippen molar-refractivity contribution in [3.8, 4) is 39.6 Å². The molecule has 0 aliphatic heterocycles. The Morgan fingerprint density at radius 2 is 1.56 bits per heavy atom.